The number of hydrogen-bond acceptors (Lipinski definition) is 2. The van der Waals surface area contributed by atoms with Gasteiger partial charge in [0, 0.05) is 19.1 Å². The number of fused-ring (bicyclic) bond motifs is 1. The molecule has 1 heterocycles. The van der Waals surface area contributed by atoms with Gasteiger partial charge in [-0.1, -0.05) is 18.9 Å². The Morgan fingerprint density at radius 3 is 2.95 bits per heavy atom. The van der Waals surface area contributed by atoms with Crippen LogP contribution in [0.1, 0.15) is 38.2 Å². The zero-order chi connectivity index (χ0) is 13.2. The summed E-state index contributed by atoms with van der Waals surface area (Å²) >= 11 is 0. The maximum atomic E-state index is 4.43. The van der Waals surface area contributed by atoms with E-state index in [9.17, 15) is 0 Å². The Morgan fingerprint density at radius 1 is 1.37 bits per heavy atom. The Hall–Kier alpha value is -1.35. The van der Waals surface area contributed by atoms with E-state index in [1.165, 1.54) is 36.8 Å². The molecule has 1 atom stereocenters. The Morgan fingerprint density at radius 2 is 2.16 bits per heavy atom. The number of hydrogen-bond donors (Lipinski definition) is 1. The summed E-state index contributed by atoms with van der Waals surface area (Å²) in [6.07, 6.45) is 8.46. The predicted molar refractivity (Wildman–Crippen MR) is 79.3 cm³/mol. The van der Waals surface area contributed by atoms with E-state index in [1.54, 1.807) is 0 Å². The van der Waals surface area contributed by atoms with Gasteiger partial charge in [0.15, 0.2) is 0 Å². The van der Waals surface area contributed by atoms with Crippen molar-refractivity contribution in [2.45, 2.75) is 51.1 Å². The lowest BCUT2D eigenvalue weighted by molar-refractivity contribution is 0.448. The largest absolute Gasteiger partial charge is 0.334 e. The van der Waals surface area contributed by atoms with Crippen molar-refractivity contribution in [3.8, 4) is 0 Å². The average molecular weight is 257 g/mol. The lowest BCUT2D eigenvalue weighted by Crippen LogP contribution is -2.35. The number of imidazole rings is 1. The topological polar surface area (TPSA) is 29.9 Å². The predicted octanol–water partition coefficient (Wildman–Crippen LogP) is 3.04. The fourth-order valence-electron chi connectivity index (χ4n) is 3.22. The Labute approximate surface area is 115 Å². The normalized spacial score (nSPS) is 18.2. The number of benzene rings is 1. The fourth-order valence-corrected chi connectivity index (χ4v) is 3.22. The van der Waals surface area contributed by atoms with Gasteiger partial charge in [-0.15, -0.1) is 0 Å². The van der Waals surface area contributed by atoms with Crippen LogP contribution in [0.5, 0.6) is 0 Å². The molecule has 1 aromatic carbocycles. The van der Waals surface area contributed by atoms with Gasteiger partial charge in [-0.3, -0.25) is 0 Å². The molecule has 0 spiro atoms. The van der Waals surface area contributed by atoms with Gasteiger partial charge in [0.2, 0.25) is 0 Å². The first-order valence-corrected chi connectivity index (χ1v) is 7.38. The summed E-state index contributed by atoms with van der Waals surface area (Å²) in [6, 6.07) is 7.93. The summed E-state index contributed by atoms with van der Waals surface area (Å²) in [6.45, 7) is 2.29. The van der Waals surface area contributed by atoms with Gasteiger partial charge < -0.3 is 9.88 Å². The fraction of sp³-hybridized carbons (Fsp3) is 0.562. The van der Waals surface area contributed by atoms with Gasteiger partial charge in [0.25, 0.3) is 0 Å². The smallest absolute Gasteiger partial charge is 0.0955 e. The first-order valence-electron chi connectivity index (χ1n) is 7.38. The molecule has 0 aliphatic heterocycles. The molecule has 0 bridgehead atoms. The molecule has 3 nitrogen and oxygen atoms in total. The van der Waals surface area contributed by atoms with E-state index in [0.29, 0.717) is 6.04 Å². The molecule has 19 heavy (non-hydrogen) atoms. The summed E-state index contributed by atoms with van der Waals surface area (Å²) in [5.41, 5.74) is 3.69. The van der Waals surface area contributed by atoms with Crippen molar-refractivity contribution in [1.82, 2.24) is 14.9 Å². The lowest BCUT2D eigenvalue weighted by atomic mass is 10.1. The van der Waals surface area contributed by atoms with Crippen LogP contribution in [0.25, 0.3) is 11.0 Å². The molecule has 1 fully saturated rings. The molecular weight excluding hydrogens is 234 g/mol. The van der Waals surface area contributed by atoms with Crippen molar-refractivity contribution < 1.29 is 0 Å². The van der Waals surface area contributed by atoms with Crippen LogP contribution < -0.4 is 5.32 Å². The third-order valence-corrected chi connectivity index (χ3v) is 4.21. The van der Waals surface area contributed by atoms with E-state index in [0.717, 1.165) is 18.0 Å². The van der Waals surface area contributed by atoms with E-state index in [-0.39, 0.29) is 0 Å². The summed E-state index contributed by atoms with van der Waals surface area (Å²) < 4.78 is 2.07. The molecule has 1 aliphatic carbocycles. The highest BCUT2D eigenvalue weighted by Gasteiger charge is 2.17. The number of aryl methyl sites for hydroxylation is 1. The van der Waals surface area contributed by atoms with Gasteiger partial charge in [-0.25, -0.2) is 4.98 Å². The molecule has 0 saturated heterocycles. The quantitative estimate of drug-likeness (QED) is 0.912. The molecule has 3 rings (SSSR count). The maximum Gasteiger partial charge on any atom is 0.0955 e. The van der Waals surface area contributed by atoms with Crippen molar-refractivity contribution in [2.75, 3.05) is 0 Å². The van der Waals surface area contributed by atoms with Gasteiger partial charge in [-0.2, -0.15) is 0 Å². The maximum absolute atomic E-state index is 4.43. The third-order valence-electron chi connectivity index (χ3n) is 4.21. The summed E-state index contributed by atoms with van der Waals surface area (Å²) in [4.78, 5) is 4.43. The minimum Gasteiger partial charge on any atom is -0.334 e. The van der Waals surface area contributed by atoms with E-state index in [2.05, 4.69) is 40.0 Å². The van der Waals surface area contributed by atoms with Crippen LogP contribution in [0.3, 0.4) is 0 Å². The molecule has 102 valence electrons. The van der Waals surface area contributed by atoms with Crippen molar-refractivity contribution in [3.63, 3.8) is 0 Å². The Kier molecular flexibility index (Phi) is 3.56. The van der Waals surface area contributed by atoms with Crippen LogP contribution in [-0.4, -0.2) is 21.6 Å². The van der Waals surface area contributed by atoms with Crippen LogP contribution >= 0.6 is 0 Å². The lowest BCUT2D eigenvalue weighted by Gasteiger charge is -2.19. The number of nitrogens with zero attached hydrogens (tertiary/aromatic N) is 2. The minimum absolute atomic E-state index is 0.546. The van der Waals surface area contributed by atoms with Crippen LogP contribution in [0, 0.1) is 0 Å². The summed E-state index contributed by atoms with van der Waals surface area (Å²) in [7, 11) is 2.04. The van der Waals surface area contributed by atoms with Crippen LogP contribution in [0.15, 0.2) is 24.5 Å². The molecule has 2 aromatic rings. The second-order valence-corrected chi connectivity index (χ2v) is 5.93. The van der Waals surface area contributed by atoms with Crippen LogP contribution in [0.2, 0.25) is 0 Å². The van der Waals surface area contributed by atoms with Gasteiger partial charge in [0.05, 0.1) is 17.4 Å². The molecule has 1 aromatic heterocycles. The number of nitrogens with one attached hydrogen (secondary N) is 1. The van der Waals surface area contributed by atoms with Crippen molar-refractivity contribution in [1.29, 1.82) is 0 Å². The Bertz CT molecular complexity index is 552. The molecule has 0 amide bonds. The Balaban J connectivity index is 1.66. The van der Waals surface area contributed by atoms with Gasteiger partial charge >= 0.3 is 0 Å². The highest BCUT2D eigenvalue weighted by atomic mass is 15.0. The molecule has 1 unspecified atom stereocenters. The standard InChI is InChI=1S/C16H23N3/c1-12(18-14-5-3-4-6-14)9-13-7-8-16-15(10-13)17-11-19(16)2/h7-8,10-12,14,18H,3-6,9H2,1-2H3. The third kappa shape index (κ3) is 2.81. The molecule has 1 N–H and O–H groups in total. The molecule has 1 aliphatic rings. The van der Waals surface area contributed by atoms with Crippen LogP contribution in [-0.2, 0) is 13.5 Å². The second kappa shape index (κ2) is 5.33. The molecule has 0 radical (unpaired) electrons. The van der Waals surface area contributed by atoms with Crippen molar-refractivity contribution >= 4 is 11.0 Å². The zero-order valence-electron chi connectivity index (χ0n) is 11.9. The van der Waals surface area contributed by atoms with Crippen molar-refractivity contribution in [2.24, 2.45) is 7.05 Å². The molecule has 1 saturated carbocycles. The SMILES string of the molecule is CC(Cc1ccc2c(c1)ncn2C)NC1CCCC1. The summed E-state index contributed by atoms with van der Waals surface area (Å²) in [5, 5.41) is 3.75. The average Bonchev–Trinajstić information content (AvgIpc) is 3.00. The second-order valence-electron chi connectivity index (χ2n) is 5.93. The first kappa shape index (κ1) is 12.7. The number of aromatic nitrogens is 2. The van der Waals surface area contributed by atoms with E-state index in [4.69, 9.17) is 0 Å². The number of rotatable bonds is 4. The van der Waals surface area contributed by atoms with E-state index >= 15 is 0 Å². The van der Waals surface area contributed by atoms with Crippen molar-refractivity contribution in [3.05, 3.63) is 30.1 Å². The minimum atomic E-state index is 0.546. The van der Waals surface area contributed by atoms with Gasteiger partial charge in [-0.05, 0) is 43.9 Å². The van der Waals surface area contributed by atoms with Gasteiger partial charge in [0.1, 0.15) is 0 Å². The monoisotopic (exact) mass is 257 g/mol. The van der Waals surface area contributed by atoms with E-state index < -0.39 is 0 Å². The highest BCUT2D eigenvalue weighted by Crippen LogP contribution is 2.19. The highest BCUT2D eigenvalue weighted by molar-refractivity contribution is 5.75. The first-order chi connectivity index (χ1) is 9.22. The molecule has 3 heteroatoms. The summed E-state index contributed by atoms with van der Waals surface area (Å²) in [5.74, 6) is 0. The van der Waals surface area contributed by atoms with Crippen LogP contribution in [0.4, 0.5) is 0 Å². The zero-order valence-corrected chi connectivity index (χ0v) is 11.9. The molecular formula is C16H23N3. The van der Waals surface area contributed by atoms with E-state index in [1.807, 2.05) is 13.4 Å².